The molecule has 0 aliphatic carbocycles. The zero-order valence-electron chi connectivity index (χ0n) is 9.14. The van der Waals surface area contributed by atoms with Crippen LogP contribution >= 0.6 is 0 Å². The Morgan fingerprint density at radius 2 is 2.06 bits per heavy atom. The van der Waals surface area contributed by atoms with Crippen LogP contribution in [0.5, 0.6) is 0 Å². The highest BCUT2D eigenvalue weighted by Gasteiger charge is 2.04. The third kappa shape index (κ3) is 3.66. The molecular weight excluding hydrogens is 222 g/mol. The van der Waals surface area contributed by atoms with Gasteiger partial charge in [0.25, 0.3) is 0 Å². The normalized spacial score (nSPS) is 14.4. The van der Waals surface area contributed by atoms with E-state index in [1.165, 1.54) is 0 Å². The molecule has 0 aromatic heterocycles. The minimum atomic E-state index is -3.10. The number of hydrogen-bond donors (Lipinski definition) is 2. The summed E-state index contributed by atoms with van der Waals surface area (Å²) in [6.45, 7) is 1.29. The summed E-state index contributed by atoms with van der Waals surface area (Å²) in [7, 11) is -1.18. The molecule has 1 atom stereocenters. The smallest absolute Gasteiger partial charge is 0.132 e. The Bertz CT molecular complexity index is 485. The van der Waals surface area contributed by atoms with Gasteiger partial charge in [-0.25, -0.2) is 14.1 Å². The van der Waals surface area contributed by atoms with E-state index in [1.54, 1.807) is 12.1 Å². The second-order valence-electron chi connectivity index (χ2n) is 3.62. The predicted molar refractivity (Wildman–Crippen MR) is 64.9 cm³/mol. The van der Waals surface area contributed by atoms with Gasteiger partial charge >= 0.3 is 0 Å². The quantitative estimate of drug-likeness (QED) is 0.768. The SMILES string of the molecule is C#CCN(C)Cc1ccc(S(=N)(N)=O)cc1. The van der Waals surface area contributed by atoms with Crippen molar-refractivity contribution in [2.45, 2.75) is 11.4 Å². The van der Waals surface area contributed by atoms with Crippen LogP contribution in [0.1, 0.15) is 5.56 Å². The van der Waals surface area contributed by atoms with Gasteiger partial charge in [0.15, 0.2) is 0 Å². The van der Waals surface area contributed by atoms with Crippen LogP contribution in [0.25, 0.3) is 0 Å². The second kappa shape index (κ2) is 5.12. The number of terminal acetylenes is 1. The van der Waals surface area contributed by atoms with Gasteiger partial charge in [0.2, 0.25) is 0 Å². The molecule has 1 aromatic carbocycles. The molecule has 0 saturated heterocycles. The molecule has 0 radical (unpaired) electrons. The van der Waals surface area contributed by atoms with E-state index < -0.39 is 9.92 Å². The summed E-state index contributed by atoms with van der Waals surface area (Å²) < 4.78 is 18.5. The van der Waals surface area contributed by atoms with Gasteiger partial charge in [-0.15, -0.1) is 6.42 Å². The van der Waals surface area contributed by atoms with Gasteiger partial charge in [-0.2, -0.15) is 0 Å². The van der Waals surface area contributed by atoms with Gasteiger partial charge in [-0.05, 0) is 24.7 Å². The highest BCUT2D eigenvalue weighted by Crippen LogP contribution is 2.10. The van der Waals surface area contributed by atoms with Crippen molar-refractivity contribution >= 4 is 9.92 Å². The Morgan fingerprint density at radius 3 is 2.50 bits per heavy atom. The van der Waals surface area contributed by atoms with Gasteiger partial charge in [0.05, 0.1) is 11.4 Å². The van der Waals surface area contributed by atoms with Crippen molar-refractivity contribution in [1.82, 2.24) is 4.90 Å². The number of rotatable bonds is 4. The van der Waals surface area contributed by atoms with Crippen molar-refractivity contribution in [3.8, 4) is 12.3 Å². The van der Waals surface area contributed by atoms with E-state index in [2.05, 4.69) is 5.92 Å². The van der Waals surface area contributed by atoms with E-state index in [4.69, 9.17) is 16.3 Å². The monoisotopic (exact) mass is 237 g/mol. The first kappa shape index (κ1) is 12.7. The highest BCUT2D eigenvalue weighted by molar-refractivity contribution is 7.90. The molecule has 1 unspecified atom stereocenters. The van der Waals surface area contributed by atoms with Crippen molar-refractivity contribution in [2.24, 2.45) is 5.14 Å². The summed E-state index contributed by atoms with van der Waals surface area (Å²) >= 11 is 0. The number of nitrogens with zero attached hydrogens (tertiary/aromatic N) is 1. The molecule has 0 bridgehead atoms. The third-order valence-electron chi connectivity index (χ3n) is 2.09. The summed E-state index contributed by atoms with van der Waals surface area (Å²) in [5, 5.41) is 5.21. The topological polar surface area (TPSA) is 70.2 Å². The van der Waals surface area contributed by atoms with Crippen LogP contribution in [0.3, 0.4) is 0 Å². The summed E-state index contributed by atoms with van der Waals surface area (Å²) in [6, 6.07) is 6.86. The maximum Gasteiger partial charge on any atom is 0.132 e. The molecule has 0 amide bonds. The first-order chi connectivity index (χ1) is 7.43. The molecule has 0 aliphatic rings. The van der Waals surface area contributed by atoms with Crippen LogP contribution in [0.2, 0.25) is 0 Å². The van der Waals surface area contributed by atoms with Crippen molar-refractivity contribution in [3.63, 3.8) is 0 Å². The van der Waals surface area contributed by atoms with E-state index in [0.29, 0.717) is 18.0 Å². The first-order valence-electron chi connectivity index (χ1n) is 4.71. The average Bonchev–Trinajstić information content (AvgIpc) is 2.17. The molecule has 0 aliphatic heterocycles. The van der Waals surface area contributed by atoms with E-state index in [0.717, 1.165) is 5.56 Å². The van der Waals surface area contributed by atoms with Crippen LogP contribution in [0, 0.1) is 17.1 Å². The molecule has 0 fully saturated rings. The number of hydrogen-bond acceptors (Lipinski definition) is 3. The summed E-state index contributed by atoms with van der Waals surface area (Å²) in [6.07, 6.45) is 5.19. The van der Waals surface area contributed by atoms with Gasteiger partial charge in [0.1, 0.15) is 9.92 Å². The maximum atomic E-state index is 11.2. The lowest BCUT2D eigenvalue weighted by atomic mass is 10.2. The molecule has 16 heavy (non-hydrogen) atoms. The fourth-order valence-corrected chi connectivity index (χ4v) is 1.86. The minimum absolute atomic E-state index is 0.343. The van der Waals surface area contributed by atoms with E-state index in [9.17, 15) is 4.21 Å². The molecular formula is C11H15N3OS. The van der Waals surface area contributed by atoms with Crippen LogP contribution in [-0.4, -0.2) is 22.7 Å². The highest BCUT2D eigenvalue weighted by atomic mass is 32.2. The van der Waals surface area contributed by atoms with Crippen LogP contribution in [-0.2, 0) is 16.5 Å². The van der Waals surface area contributed by atoms with Gasteiger partial charge in [-0.3, -0.25) is 4.90 Å². The lowest BCUT2D eigenvalue weighted by Gasteiger charge is -2.13. The molecule has 86 valence electrons. The predicted octanol–water partition coefficient (Wildman–Crippen LogP) is 1.03. The van der Waals surface area contributed by atoms with Gasteiger partial charge in [0, 0.05) is 6.54 Å². The lowest BCUT2D eigenvalue weighted by Crippen LogP contribution is -2.18. The molecule has 3 N–H and O–H groups in total. The van der Waals surface area contributed by atoms with E-state index in [-0.39, 0.29) is 0 Å². The summed E-state index contributed by atoms with van der Waals surface area (Å²) in [5.41, 5.74) is 1.05. The second-order valence-corrected chi connectivity index (χ2v) is 5.29. The number of benzene rings is 1. The molecule has 0 saturated carbocycles. The Kier molecular flexibility index (Phi) is 4.07. The van der Waals surface area contributed by atoms with Crippen molar-refractivity contribution in [1.29, 1.82) is 4.78 Å². The molecule has 4 nitrogen and oxygen atoms in total. The van der Waals surface area contributed by atoms with Crippen molar-refractivity contribution in [3.05, 3.63) is 29.8 Å². The standard InChI is InChI=1S/C11H15N3OS/c1-3-8-14(2)9-10-4-6-11(7-5-10)16(12,13)15/h1,4-7H,8-9H2,2H3,(H3,12,13,15). The van der Waals surface area contributed by atoms with Crippen LogP contribution in [0.15, 0.2) is 29.2 Å². The molecule has 5 heteroatoms. The van der Waals surface area contributed by atoms with Gasteiger partial charge in [-0.1, -0.05) is 18.1 Å². The number of nitrogens with two attached hydrogens (primary N) is 1. The minimum Gasteiger partial charge on any atom is -0.291 e. The van der Waals surface area contributed by atoms with E-state index >= 15 is 0 Å². The Balaban J connectivity index is 2.77. The molecule has 1 rings (SSSR count). The fourth-order valence-electron chi connectivity index (χ4n) is 1.32. The molecule has 0 heterocycles. The lowest BCUT2D eigenvalue weighted by molar-refractivity contribution is 0.369. The first-order valence-corrected chi connectivity index (χ1v) is 6.33. The molecule has 1 aromatic rings. The van der Waals surface area contributed by atoms with Crippen molar-refractivity contribution in [2.75, 3.05) is 13.6 Å². The summed E-state index contributed by atoms with van der Waals surface area (Å²) in [4.78, 5) is 2.32. The largest absolute Gasteiger partial charge is 0.291 e. The fraction of sp³-hybridized carbons (Fsp3) is 0.273. The zero-order chi connectivity index (χ0) is 12.2. The maximum absolute atomic E-state index is 11.2. The third-order valence-corrected chi connectivity index (χ3v) is 3.06. The van der Waals surface area contributed by atoms with E-state index in [1.807, 2.05) is 24.1 Å². The van der Waals surface area contributed by atoms with Gasteiger partial charge < -0.3 is 0 Å². The van der Waals surface area contributed by atoms with Crippen molar-refractivity contribution < 1.29 is 4.21 Å². The van der Waals surface area contributed by atoms with Crippen LogP contribution in [0.4, 0.5) is 0 Å². The molecule has 0 spiro atoms. The Morgan fingerprint density at radius 1 is 1.50 bits per heavy atom. The average molecular weight is 237 g/mol. The Labute approximate surface area is 96.6 Å². The Hall–Kier alpha value is -1.35. The summed E-state index contributed by atoms with van der Waals surface area (Å²) in [5.74, 6) is 2.55. The number of nitrogens with one attached hydrogen (secondary N) is 1. The zero-order valence-corrected chi connectivity index (χ0v) is 9.96. The van der Waals surface area contributed by atoms with Crippen LogP contribution < -0.4 is 5.14 Å².